The van der Waals surface area contributed by atoms with Gasteiger partial charge in [0.15, 0.2) is 5.82 Å². The normalized spacial score (nSPS) is 14.9. The van der Waals surface area contributed by atoms with E-state index in [1.165, 1.54) is 23.3 Å². The Kier molecular flexibility index (Phi) is 6.98. The molecule has 7 heteroatoms. The molecule has 0 bridgehead atoms. The number of halogens is 3. The van der Waals surface area contributed by atoms with E-state index in [9.17, 15) is 13.2 Å². The predicted octanol–water partition coefficient (Wildman–Crippen LogP) is 6.49. The van der Waals surface area contributed by atoms with Crippen LogP contribution in [0.4, 0.5) is 24.7 Å². The van der Waals surface area contributed by atoms with Crippen LogP contribution in [0.3, 0.4) is 0 Å². The Morgan fingerprint density at radius 1 is 1.17 bits per heavy atom. The number of hydrogen-bond acceptors (Lipinski definition) is 4. The van der Waals surface area contributed by atoms with Gasteiger partial charge in [-0.25, -0.2) is 4.98 Å². The number of ether oxygens (including phenoxy) is 1. The summed E-state index contributed by atoms with van der Waals surface area (Å²) in [5.41, 5.74) is 0.980. The fourth-order valence-electron chi connectivity index (χ4n) is 3.77. The van der Waals surface area contributed by atoms with Crippen molar-refractivity contribution in [3.8, 4) is 6.01 Å². The number of unbranched alkanes of at least 4 members (excludes halogenated alkanes) is 2. The minimum atomic E-state index is -4.55. The van der Waals surface area contributed by atoms with Crippen LogP contribution in [-0.2, 0) is 6.18 Å². The van der Waals surface area contributed by atoms with Crippen LogP contribution in [0.1, 0.15) is 68.9 Å². The van der Waals surface area contributed by atoms with E-state index < -0.39 is 11.7 Å². The molecule has 0 N–H and O–H groups in total. The number of nitrogens with zero attached hydrogens (tertiary/aromatic N) is 3. The molecule has 0 amide bonds. The summed E-state index contributed by atoms with van der Waals surface area (Å²) >= 11 is 0. The number of rotatable bonds is 8. The molecule has 1 aliphatic carbocycles. The van der Waals surface area contributed by atoms with Crippen LogP contribution >= 0.6 is 0 Å². The van der Waals surface area contributed by atoms with Gasteiger partial charge < -0.3 is 9.64 Å². The first kappa shape index (κ1) is 21.4. The van der Waals surface area contributed by atoms with Gasteiger partial charge in [-0.1, -0.05) is 44.7 Å². The number of benzene rings is 1. The molecule has 1 saturated carbocycles. The molecule has 0 aliphatic heterocycles. The average molecular weight is 407 g/mol. The van der Waals surface area contributed by atoms with Crippen molar-refractivity contribution >= 4 is 11.5 Å². The van der Waals surface area contributed by atoms with Crippen molar-refractivity contribution in [1.82, 2.24) is 9.97 Å². The van der Waals surface area contributed by atoms with Crippen LogP contribution in [0.2, 0.25) is 0 Å². The predicted molar refractivity (Wildman–Crippen MR) is 108 cm³/mol. The lowest BCUT2D eigenvalue weighted by molar-refractivity contribution is -0.137. The fraction of sp³-hybridized carbons (Fsp3) is 0.545. The van der Waals surface area contributed by atoms with Crippen LogP contribution in [0, 0.1) is 0 Å². The van der Waals surface area contributed by atoms with Crippen molar-refractivity contribution in [3.05, 3.63) is 41.6 Å². The van der Waals surface area contributed by atoms with Crippen LogP contribution in [-0.4, -0.2) is 23.6 Å². The molecule has 0 unspecified atom stereocenters. The highest BCUT2D eigenvalue weighted by Crippen LogP contribution is 2.39. The van der Waals surface area contributed by atoms with E-state index in [4.69, 9.17) is 4.74 Å². The van der Waals surface area contributed by atoms with Crippen molar-refractivity contribution in [3.63, 3.8) is 0 Å². The van der Waals surface area contributed by atoms with Crippen LogP contribution < -0.4 is 9.64 Å². The molecule has 3 rings (SSSR count). The molecule has 1 aromatic carbocycles. The zero-order valence-corrected chi connectivity index (χ0v) is 17.0. The molecular formula is C22H28F3N3O. The number of aromatic nitrogens is 2. The zero-order chi connectivity index (χ0) is 20.9. The molecule has 1 aliphatic rings. The van der Waals surface area contributed by atoms with Crippen molar-refractivity contribution in [2.75, 3.05) is 18.6 Å². The van der Waals surface area contributed by atoms with E-state index in [1.54, 1.807) is 7.05 Å². The van der Waals surface area contributed by atoms with Crippen LogP contribution in [0.15, 0.2) is 30.5 Å². The van der Waals surface area contributed by atoms with E-state index in [0.29, 0.717) is 18.2 Å². The second-order valence-electron chi connectivity index (χ2n) is 7.58. The first-order valence-corrected chi connectivity index (χ1v) is 10.3. The van der Waals surface area contributed by atoms with E-state index >= 15 is 0 Å². The Labute approximate surface area is 170 Å². The van der Waals surface area contributed by atoms with E-state index in [2.05, 4.69) is 23.0 Å². The molecule has 2 aromatic rings. The molecule has 1 aromatic heterocycles. The number of hydrogen-bond donors (Lipinski definition) is 0. The topological polar surface area (TPSA) is 38.2 Å². The SMILES string of the molecule is CCCCCOc1ncc(C(F)(F)F)c(N(C)c2cccc(C3CCCC3)c2)n1. The van der Waals surface area contributed by atoms with Gasteiger partial charge in [0.25, 0.3) is 0 Å². The first-order chi connectivity index (χ1) is 13.9. The number of alkyl halides is 3. The van der Waals surface area contributed by atoms with Gasteiger partial charge >= 0.3 is 12.2 Å². The van der Waals surface area contributed by atoms with Gasteiger partial charge in [-0.05, 0) is 42.9 Å². The van der Waals surface area contributed by atoms with Gasteiger partial charge in [0, 0.05) is 18.9 Å². The van der Waals surface area contributed by atoms with E-state index in [-0.39, 0.29) is 11.8 Å². The third-order valence-electron chi connectivity index (χ3n) is 5.43. The Balaban J connectivity index is 1.89. The van der Waals surface area contributed by atoms with Crippen molar-refractivity contribution in [1.29, 1.82) is 0 Å². The minimum Gasteiger partial charge on any atom is -0.463 e. The van der Waals surface area contributed by atoms with Gasteiger partial charge in [0.1, 0.15) is 5.56 Å². The second-order valence-corrected chi connectivity index (χ2v) is 7.58. The molecule has 1 heterocycles. The average Bonchev–Trinajstić information content (AvgIpc) is 3.25. The molecular weight excluding hydrogens is 379 g/mol. The highest BCUT2D eigenvalue weighted by molar-refractivity contribution is 5.63. The summed E-state index contributed by atoms with van der Waals surface area (Å²) < 4.78 is 46.2. The molecule has 0 atom stereocenters. The summed E-state index contributed by atoms with van der Waals surface area (Å²) in [6.45, 7) is 2.46. The lowest BCUT2D eigenvalue weighted by atomic mass is 9.97. The van der Waals surface area contributed by atoms with Crippen molar-refractivity contribution in [2.24, 2.45) is 0 Å². The summed E-state index contributed by atoms with van der Waals surface area (Å²) in [6.07, 6.45) is 3.76. The lowest BCUT2D eigenvalue weighted by Crippen LogP contribution is -2.19. The Bertz CT molecular complexity index is 804. The van der Waals surface area contributed by atoms with Crippen molar-refractivity contribution < 1.29 is 17.9 Å². The van der Waals surface area contributed by atoms with Crippen LogP contribution in [0.5, 0.6) is 6.01 Å². The third-order valence-corrected chi connectivity index (χ3v) is 5.43. The maximum absolute atomic E-state index is 13.6. The Morgan fingerprint density at radius 3 is 2.62 bits per heavy atom. The molecule has 158 valence electrons. The molecule has 0 radical (unpaired) electrons. The first-order valence-electron chi connectivity index (χ1n) is 10.3. The summed E-state index contributed by atoms with van der Waals surface area (Å²) in [7, 11) is 1.60. The van der Waals surface area contributed by atoms with Gasteiger partial charge in [-0.15, -0.1) is 0 Å². The fourth-order valence-corrected chi connectivity index (χ4v) is 3.77. The van der Waals surface area contributed by atoms with E-state index in [1.807, 2.05) is 18.2 Å². The summed E-state index contributed by atoms with van der Waals surface area (Å²) in [4.78, 5) is 9.37. The quantitative estimate of drug-likeness (QED) is 0.469. The van der Waals surface area contributed by atoms with E-state index in [0.717, 1.165) is 38.3 Å². The molecule has 4 nitrogen and oxygen atoms in total. The summed E-state index contributed by atoms with van der Waals surface area (Å²) in [5, 5.41) is 0. The molecule has 29 heavy (non-hydrogen) atoms. The van der Waals surface area contributed by atoms with Gasteiger partial charge in [-0.2, -0.15) is 18.2 Å². The largest absolute Gasteiger partial charge is 0.463 e. The number of anilines is 2. The standard InChI is InChI=1S/C22H28F3N3O/c1-3-4-7-13-29-21-26-15-19(22(23,24)25)20(27-21)28(2)18-12-8-11-17(14-18)16-9-5-6-10-16/h8,11-12,14-16H,3-7,9-10,13H2,1-2H3. The lowest BCUT2D eigenvalue weighted by Gasteiger charge is -2.23. The Hall–Kier alpha value is -2.31. The summed E-state index contributed by atoms with van der Waals surface area (Å²) in [6, 6.07) is 7.71. The molecule has 1 fully saturated rings. The van der Waals surface area contributed by atoms with Crippen molar-refractivity contribution in [2.45, 2.75) is 64.0 Å². The zero-order valence-electron chi connectivity index (χ0n) is 17.0. The van der Waals surface area contributed by atoms with Gasteiger partial charge in [-0.3, -0.25) is 0 Å². The monoisotopic (exact) mass is 407 g/mol. The maximum Gasteiger partial charge on any atom is 0.421 e. The third kappa shape index (κ3) is 5.40. The molecule has 0 spiro atoms. The van der Waals surface area contributed by atoms with Gasteiger partial charge in [0.2, 0.25) is 0 Å². The highest BCUT2D eigenvalue weighted by atomic mass is 19.4. The Morgan fingerprint density at radius 2 is 1.93 bits per heavy atom. The highest BCUT2D eigenvalue weighted by Gasteiger charge is 2.37. The molecule has 0 saturated heterocycles. The minimum absolute atomic E-state index is 0.0251. The van der Waals surface area contributed by atoms with Crippen LogP contribution in [0.25, 0.3) is 0 Å². The maximum atomic E-state index is 13.6. The smallest absolute Gasteiger partial charge is 0.421 e. The summed E-state index contributed by atoms with van der Waals surface area (Å²) in [5.74, 6) is 0.287. The van der Waals surface area contributed by atoms with Gasteiger partial charge in [0.05, 0.1) is 6.61 Å². The second kappa shape index (κ2) is 9.46.